The second-order valence-electron chi connectivity index (χ2n) is 3.91. The van der Waals surface area contributed by atoms with Crippen molar-refractivity contribution in [2.75, 3.05) is 0 Å². The first kappa shape index (κ1) is 11.1. The maximum atomic E-state index is 13.3. The highest BCUT2D eigenvalue weighted by Gasteiger charge is 2.13. The number of benzene rings is 1. The van der Waals surface area contributed by atoms with Gasteiger partial charge in [0.1, 0.15) is 11.0 Å². The third-order valence-electron chi connectivity index (χ3n) is 2.71. The fourth-order valence-electron chi connectivity index (χ4n) is 1.82. The lowest BCUT2D eigenvalue weighted by atomic mass is 10.1. The van der Waals surface area contributed by atoms with Gasteiger partial charge in [0.25, 0.3) is 0 Å². The zero-order valence-electron chi connectivity index (χ0n) is 9.43. The molecule has 0 aliphatic carbocycles. The van der Waals surface area contributed by atoms with Gasteiger partial charge in [0.2, 0.25) is 0 Å². The van der Waals surface area contributed by atoms with Crippen molar-refractivity contribution in [2.24, 2.45) is 0 Å². The number of hydrogen-bond donors (Lipinski definition) is 0. The Morgan fingerprint density at radius 2 is 2.06 bits per heavy atom. The molecule has 0 spiro atoms. The van der Waals surface area contributed by atoms with Crippen molar-refractivity contribution in [1.29, 1.82) is 0 Å². The van der Waals surface area contributed by atoms with Crippen molar-refractivity contribution in [1.82, 2.24) is 19.6 Å². The summed E-state index contributed by atoms with van der Waals surface area (Å²) in [6.07, 6.45) is 3.05. The molecule has 6 heteroatoms. The Kier molecular flexibility index (Phi) is 2.48. The summed E-state index contributed by atoms with van der Waals surface area (Å²) >= 11 is 6.07. The SMILES string of the molecule is Cc1ccc(F)cc1-c1nnc2cncc(Cl)n12. The van der Waals surface area contributed by atoms with E-state index in [4.69, 9.17) is 11.6 Å². The van der Waals surface area contributed by atoms with Crippen LogP contribution in [0.5, 0.6) is 0 Å². The number of fused-ring (bicyclic) bond motifs is 1. The molecule has 0 atom stereocenters. The van der Waals surface area contributed by atoms with Crippen LogP contribution in [-0.2, 0) is 0 Å². The smallest absolute Gasteiger partial charge is 0.180 e. The summed E-state index contributed by atoms with van der Waals surface area (Å²) in [7, 11) is 0. The highest BCUT2D eigenvalue weighted by molar-refractivity contribution is 6.29. The number of halogens is 2. The Balaban J connectivity index is 2.35. The molecule has 18 heavy (non-hydrogen) atoms. The summed E-state index contributed by atoms with van der Waals surface area (Å²) in [6.45, 7) is 1.88. The van der Waals surface area contributed by atoms with Crippen molar-refractivity contribution >= 4 is 17.2 Å². The third kappa shape index (κ3) is 1.64. The van der Waals surface area contributed by atoms with Crippen LogP contribution in [0.4, 0.5) is 4.39 Å². The molecule has 2 aromatic heterocycles. The van der Waals surface area contributed by atoms with Crippen LogP contribution in [-0.4, -0.2) is 19.6 Å². The fourth-order valence-corrected chi connectivity index (χ4v) is 2.05. The molecule has 3 rings (SSSR count). The van der Waals surface area contributed by atoms with Gasteiger partial charge in [-0.05, 0) is 24.6 Å². The van der Waals surface area contributed by atoms with Crippen LogP contribution in [0.3, 0.4) is 0 Å². The summed E-state index contributed by atoms with van der Waals surface area (Å²) < 4.78 is 15.0. The maximum Gasteiger partial charge on any atom is 0.180 e. The molecule has 0 N–H and O–H groups in total. The molecular weight excluding hydrogens is 255 g/mol. The van der Waals surface area contributed by atoms with Crippen molar-refractivity contribution in [2.45, 2.75) is 6.92 Å². The average Bonchev–Trinajstić information content (AvgIpc) is 2.77. The molecule has 0 bridgehead atoms. The normalized spacial score (nSPS) is 11.1. The van der Waals surface area contributed by atoms with E-state index in [1.165, 1.54) is 18.3 Å². The number of aromatic nitrogens is 4. The zero-order chi connectivity index (χ0) is 12.7. The molecule has 0 amide bonds. The Morgan fingerprint density at radius 1 is 1.22 bits per heavy atom. The van der Waals surface area contributed by atoms with Crippen LogP contribution in [0, 0.1) is 12.7 Å². The van der Waals surface area contributed by atoms with Crippen LogP contribution >= 0.6 is 11.6 Å². The second kappa shape index (κ2) is 4.03. The number of aryl methyl sites for hydroxylation is 1. The highest BCUT2D eigenvalue weighted by atomic mass is 35.5. The van der Waals surface area contributed by atoms with Crippen LogP contribution < -0.4 is 0 Å². The lowest BCUT2D eigenvalue weighted by Gasteiger charge is -2.05. The molecule has 0 unspecified atom stereocenters. The topological polar surface area (TPSA) is 43.1 Å². The number of rotatable bonds is 1. The minimum absolute atomic E-state index is 0.322. The minimum Gasteiger partial charge on any atom is -0.262 e. The van der Waals surface area contributed by atoms with Crippen LogP contribution in [0.25, 0.3) is 17.0 Å². The van der Waals surface area contributed by atoms with Gasteiger partial charge >= 0.3 is 0 Å². The van der Waals surface area contributed by atoms with E-state index in [1.54, 1.807) is 16.7 Å². The average molecular weight is 263 g/mol. The van der Waals surface area contributed by atoms with Crippen molar-refractivity contribution in [3.8, 4) is 11.4 Å². The lowest BCUT2D eigenvalue weighted by Crippen LogP contribution is -1.94. The summed E-state index contributed by atoms with van der Waals surface area (Å²) in [4.78, 5) is 3.93. The lowest BCUT2D eigenvalue weighted by molar-refractivity contribution is 0.627. The molecule has 2 heterocycles. The van der Waals surface area contributed by atoms with E-state index in [9.17, 15) is 4.39 Å². The Morgan fingerprint density at radius 3 is 2.89 bits per heavy atom. The Labute approximate surface area is 107 Å². The van der Waals surface area contributed by atoms with Gasteiger partial charge in [-0.1, -0.05) is 17.7 Å². The first-order valence-electron chi connectivity index (χ1n) is 5.28. The van der Waals surface area contributed by atoms with Gasteiger partial charge in [-0.25, -0.2) is 4.39 Å². The van der Waals surface area contributed by atoms with Gasteiger partial charge in [0.05, 0.1) is 12.4 Å². The molecular formula is C12H8ClFN4. The molecule has 0 saturated heterocycles. The van der Waals surface area contributed by atoms with Crippen molar-refractivity contribution < 1.29 is 4.39 Å². The molecule has 3 aromatic rings. The van der Waals surface area contributed by atoms with E-state index in [1.807, 2.05) is 6.92 Å². The van der Waals surface area contributed by atoms with Gasteiger partial charge in [-0.15, -0.1) is 10.2 Å². The van der Waals surface area contributed by atoms with Gasteiger partial charge in [0, 0.05) is 5.56 Å². The van der Waals surface area contributed by atoms with Crippen molar-refractivity contribution in [3.05, 3.63) is 47.1 Å². The van der Waals surface area contributed by atoms with Gasteiger partial charge in [-0.3, -0.25) is 9.38 Å². The van der Waals surface area contributed by atoms with Crippen molar-refractivity contribution in [3.63, 3.8) is 0 Å². The van der Waals surface area contributed by atoms with Crippen LogP contribution in [0.15, 0.2) is 30.6 Å². The number of hydrogen-bond acceptors (Lipinski definition) is 3. The Bertz CT molecular complexity index is 738. The summed E-state index contributed by atoms with van der Waals surface area (Å²) in [6, 6.07) is 4.52. The van der Waals surface area contributed by atoms with Gasteiger partial charge < -0.3 is 0 Å². The molecule has 0 radical (unpaired) electrons. The molecule has 0 fully saturated rings. The predicted molar refractivity (Wildman–Crippen MR) is 65.9 cm³/mol. The third-order valence-corrected chi connectivity index (χ3v) is 2.98. The standard InChI is InChI=1S/C12H8ClFN4/c1-7-2-3-8(14)4-9(7)12-17-16-11-6-15-5-10(13)18(11)12/h2-6H,1H3. The maximum absolute atomic E-state index is 13.3. The van der Waals surface area contributed by atoms with E-state index in [0.717, 1.165) is 5.56 Å². The molecule has 90 valence electrons. The monoisotopic (exact) mass is 262 g/mol. The van der Waals surface area contributed by atoms with E-state index in [0.29, 0.717) is 22.2 Å². The number of nitrogens with zero attached hydrogens (tertiary/aromatic N) is 4. The first-order chi connectivity index (χ1) is 8.66. The summed E-state index contributed by atoms with van der Waals surface area (Å²) in [5.41, 5.74) is 2.09. The fraction of sp³-hybridized carbons (Fsp3) is 0.0833. The minimum atomic E-state index is -0.322. The van der Waals surface area contributed by atoms with Crippen LogP contribution in [0.2, 0.25) is 5.15 Å². The summed E-state index contributed by atoms with van der Waals surface area (Å²) in [5, 5.41) is 8.41. The zero-order valence-corrected chi connectivity index (χ0v) is 10.2. The molecule has 4 nitrogen and oxygen atoms in total. The molecule has 0 aliphatic heterocycles. The molecule has 1 aromatic carbocycles. The second-order valence-corrected chi connectivity index (χ2v) is 4.29. The molecule has 0 aliphatic rings. The van der Waals surface area contributed by atoms with Crippen LogP contribution in [0.1, 0.15) is 5.56 Å². The van der Waals surface area contributed by atoms with Gasteiger partial charge in [0.15, 0.2) is 11.5 Å². The van der Waals surface area contributed by atoms with E-state index in [-0.39, 0.29) is 5.82 Å². The quantitative estimate of drug-likeness (QED) is 0.677. The Hall–Kier alpha value is -2.01. The van der Waals surface area contributed by atoms with E-state index < -0.39 is 0 Å². The highest BCUT2D eigenvalue weighted by Crippen LogP contribution is 2.25. The predicted octanol–water partition coefficient (Wildman–Crippen LogP) is 2.89. The van der Waals surface area contributed by atoms with E-state index >= 15 is 0 Å². The van der Waals surface area contributed by atoms with Gasteiger partial charge in [-0.2, -0.15) is 0 Å². The molecule has 0 saturated carbocycles. The summed E-state index contributed by atoms with van der Waals surface area (Å²) in [5.74, 6) is 0.187. The first-order valence-corrected chi connectivity index (χ1v) is 5.66. The van der Waals surface area contributed by atoms with E-state index in [2.05, 4.69) is 15.2 Å². The largest absolute Gasteiger partial charge is 0.262 e.